The van der Waals surface area contributed by atoms with Gasteiger partial charge in [-0.3, -0.25) is 14.4 Å². The second kappa shape index (κ2) is 7.70. The van der Waals surface area contributed by atoms with Gasteiger partial charge in [0.05, 0.1) is 5.69 Å². The Labute approximate surface area is 124 Å². The van der Waals surface area contributed by atoms with Gasteiger partial charge in [0, 0.05) is 6.92 Å². The largest absolute Gasteiger partial charge is 0.458 e. The summed E-state index contributed by atoms with van der Waals surface area (Å²) in [6.07, 6.45) is -11.5. The fraction of sp³-hybridized carbons (Fsp3) is 0.250. The Morgan fingerprint density at radius 3 is 1.57 bits per heavy atom. The molecule has 0 aliphatic rings. The number of anilines is 1. The number of carbonyl (C=O) groups is 3. The number of hydrogen-bond acceptors (Lipinski definition) is 3. The van der Waals surface area contributed by atoms with Crippen molar-refractivity contribution in [2.75, 3.05) is 5.32 Å². The number of alkyl halides is 6. The summed E-state index contributed by atoms with van der Waals surface area (Å²) >= 11 is 0. The fourth-order valence-corrected chi connectivity index (χ4v) is 1.01. The van der Waals surface area contributed by atoms with Crippen LogP contribution in [0.15, 0.2) is 24.3 Å². The summed E-state index contributed by atoms with van der Waals surface area (Å²) in [7, 11) is 0. The highest BCUT2D eigenvalue weighted by atomic mass is 19.4. The smallest absolute Gasteiger partial charge is 0.324 e. The van der Waals surface area contributed by atoms with Crippen molar-refractivity contribution in [2.45, 2.75) is 19.3 Å². The van der Waals surface area contributed by atoms with Crippen molar-refractivity contribution in [2.24, 2.45) is 0 Å². The van der Waals surface area contributed by atoms with E-state index in [-0.39, 0.29) is 11.6 Å². The van der Waals surface area contributed by atoms with Crippen molar-refractivity contribution in [1.29, 1.82) is 0 Å². The van der Waals surface area contributed by atoms with Gasteiger partial charge in [-0.2, -0.15) is 26.3 Å². The molecule has 0 unspecified atom stereocenters. The molecule has 1 N–H and O–H groups in total. The van der Waals surface area contributed by atoms with E-state index >= 15 is 0 Å². The zero-order valence-electron chi connectivity index (χ0n) is 11.2. The molecule has 4 nitrogen and oxygen atoms in total. The van der Waals surface area contributed by atoms with Crippen molar-refractivity contribution >= 4 is 23.2 Å². The Balaban J connectivity index is 0.000000422. The average molecular weight is 347 g/mol. The summed E-state index contributed by atoms with van der Waals surface area (Å²) in [6.45, 7) is 1.34. The maximum absolute atomic E-state index is 12.7. The van der Waals surface area contributed by atoms with E-state index in [9.17, 15) is 45.1 Å². The normalized spacial score (nSPS) is 11.1. The summed E-state index contributed by atoms with van der Waals surface area (Å²) in [5.74, 6) is -7.50. The van der Waals surface area contributed by atoms with Crippen molar-refractivity contribution in [3.05, 3.63) is 30.1 Å². The second-order valence-corrected chi connectivity index (χ2v) is 3.81. The summed E-state index contributed by atoms with van der Waals surface area (Å²) in [4.78, 5) is 29.7. The minimum absolute atomic E-state index is 0.222. The van der Waals surface area contributed by atoms with Gasteiger partial charge in [0.25, 0.3) is 0 Å². The van der Waals surface area contributed by atoms with Crippen LogP contribution in [0.4, 0.5) is 36.4 Å². The molecule has 0 radical (unpaired) electrons. The van der Waals surface area contributed by atoms with E-state index in [1.165, 1.54) is 19.1 Å². The molecule has 0 heterocycles. The number of ketones is 2. The van der Waals surface area contributed by atoms with Crippen molar-refractivity contribution < 1.29 is 45.1 Å². The third kappa shape index (κ3) is 7.38. The minimum atomic E-state index is -5.77. The lowest BCUT2D eigenvalue weighted by Gasteiger charge is -2.05. The highest BCUT2D eigenvalue weighted by Crippen LogP contribution is 2.24. The van der Waals surface area contributed by atoms with E-state index in [2.05, 4.69) is 5.32 Å². The minimum Gasteiger partial charge on any atom is -0.324 e. The number of rotatable bonds is 2. The first-order chi connectivity index (χ1) is 10.3. The molecule has 1 aromatic rings. The number of halogens is 7. The number of nitrogens with one attached hydrogen (secondary N) is 1. The molecule has 0 saturated carbocycles. The van der Waals surface area contributed by atoms with Crippen LogP contribution in [0.3, 0.4) is 0 Å². The first kappa shape index (κ1) is 20.5. The molecule has 0 spiro atoms. The van der Waals surface area contributed by atoms with Gasteiger partial charge in [-0.15, -0.1) is 0 Å². The topological polar surface area (TPSA) is 63.2 Å². The number of benzene rings is 1. The molecule has 0 atom stereocenters. The lowest BCUT2D eigenvalue weighted by molar-refractivity contribution is -0.193. The Morgan fingerprint density at radius 2 is 1.26 bits per heavy atom. The molecule has 0 aliphatic carbocycles. The van der Waals surface area contributed by atoms with Gasteiger partial charge in [-0.1, -0.05) is 12.1 Å². The quantitative estimate of drug-likeness (QED) is 0.661. The second-order valence-electron chi connectivity index (χ2n) is 3.81. The number of hydrogen-bond donors (Lipinski definition) is 1. The van der Waals surface area contributed by atoms with Gasteiger partial charge in [-0.05, 0) is 12.1 Å². The van der Waals surface area contributed by atoms with Crippen LogP contribution in [0.5, 0.6) is 0 Å². The lowest BCUT2D eigenvalue weighted by Crippen LogP contribution is -2.39. The van der Waals surface area contributed by atoms with Gasteiger partial charge < -0.3 is 5.32 Å². The molecular weight excluding hydrogens is 339 g/mol. The van der Waals surface area contributed by atoms with Crippen molar-refractivity contribution in [3.8, 4) is 0 Å². The molecule has 0 fully saturated rings. The molecule has 0 aliphatic heterocycles. The van der Waals surface area contributed by atoms with E-state index in [1.807, 2.05) is 0 Å². The molecule has 0 saturated heterocycles. The molecular formula is C12H8F7NO3. The van der Waals surface area contributed by atoms with Crippen LogP contribution in [0.25, 0.3) is 0 Å². The van der Waals surface area contributed by atoms with Crippen LogP contribution in [0.1, 0.15) is 6.92 Å². The SMILES string of the molecule is CC(=O)Nc1ccccc1F.O=C(C(=O)C(F)(F)F)C(F)(F)F. The Hall–Kier alpha value is -2.46. The maximum Gasteiger partial charge on any atom is 0.458 e. The first-order valence-electron chi connectivity index (χ1n) is 5.51. The summed E-state index contributed by atoms with van der Waals surface area (Å²) in [6, 6.07) is 6.04. The number of para-hydroxylation sites is 1. The molecule has 1 rings (SSSR count). The van der Waals surface area contributed by atoms with Gasteiger partial charge in [0.1, 0.15) is 5.82 Å². The van der Waals surface area contributed by atoms with Crippen LogP contribution in [0, 0.1) is 5.82 Å². The van der Waals surface area contributed by atoms with Gasteiger partial charge >= 0.3 is 23.9 Å². The standard InChI is InChI=1S/C8H8FNO.C4F6O2/c1-6(11)10-8-5-3-2-4-7(8)9;5-3(6,7)1(11)2(12)4(8,9)10/h2-5H,1H3,(H,10,11);. The zero-order chi connectivity index (χ0) is 18.4. The molecule has 128 valence electrons. The molecule has 0 bridgehead atoms. The van der Waals surface area contributed by atoms with Gasteiger partial charge in [0.15, 0.2) is 0 Å². The molecule has 23 heavy (non-hydrogen) atoms. The van der Waals surface area contributed by atoms with Crippen LogP contribution < -0.4 is 5.32 Å². The highest BCUT2D eigenvalue weighted by molar-refractivity contribution is 6.41. The fourth-order valence-electron chi connectivity index (χ4n) is 1.01. The summed E-state index contributed by atoms with van der Waals surface area (Å²) in [5, 5.41) is 2.36. The molecule has 11 heteroatoms. The monoisotopic (exact) mass is 347 g/mol. The van der Waals surface area contributed by atoms with Gasteiger partial charge in [-0.25, -0.2) is 4.39 Å². The first-order valence-corrected chi connectivity index (χ1v) is 5.51. The van der Waals surface area contributed by atoms with Crippen LogP contribution in [0.2, 0.25) is 0 Å². The van der Waals surface area contributed by atoms with Crippen LogP contribution in [-0.4, -0.2) is 29.8 Å². The maximum atomic E-state index is 12.7. The van der Waals surface area contributed by atoms with Crippen molar-refractivity contribution in [1.82, 2.24) is 0 Å². The lowest BCUT2D eigenvalue weighted by atomic mass is 10.2. The van der Waals surface area contributed by atoms with E-state index in [4.69, 9.17) is 0 Å². The van der Waals surface area contributed by atoms with Crippen LogP contribution in [-0.2, 0) is 14.4 Å². The highest BCUT2D eigenvalue weighted by Gasteiger charge is 2.54. The average Bonchev–Trinajstić information content (AvgIpc) is 2.38. The number of amides is 1. The van der Waals surface area contributed by atoms with E-state index < -0.39 is 29.7 Å². The van der Waals surface area contributed by atoms with E-state index in [0.717, 1.165) is 0 Å². The summed E-state index contributed by atoms with van der Waals surface area (Å²) < 4.78 is 79.7. The zero-order valence-corrected chi connectivity index (χ0v) is 11.2. The third-order valence-corrected chi connectivity index (χ3v) is 1.91. The van der Waals surface area contributed by atoms with E-state index in [0.29, 0.717) is 0 Å². The van der Waals surface area contributed by atoms with Gasteiger partial charge in [0.2, 0.25) is 5.91 Å². The predicted octanol–water partition coefficient (Wildman–Crippen LogP) is 3.03. The molecule has 0 aromatic heterocycles. The molecule has 1 amide bonds. The van der Waals surface area contributed by atoms with E-state index in [1.54, 1.807) is 12.1 Å². The Kier molecular flexibility index (Phi) is 6.87. The third-order valence-electron chi connectivity index (χ3n) is 1.91. The Morgan fingerprint density at radius 1 is 0.870 bits per heavy atom. The molecule has 1 aromatic carbocycles. The number of Topliss-reactive ketones (excluding diaryl/α,β-unsaturated/α-hetero) is 2. The predicted molar refractivity (Wildman–Crippen MR) is 62.8 cm³/mol. The summed E-state index contributed by atoms with van der Waals surface area (Å²) in [5.41, 5.74) is 0.222. The number of carbonyl (C=O) groups excluding carboxylic acids is 3. The Bertz CT molecular complexity index is 569. The van der Waals surface area contributed by atoms with Crippen LogP contribution >= 0.6 is 0 Å². The van der Waals surface area contributed by atoms with Crippen molar-refractivity contribution in [3.63, 3.8) is 0 Å².